The molecule has 6 nitrogen and oxygen atoms in total. The maximum Gasteiger partial charge on any atom is 0.315 e. The molecule has 0 radical (unpaired) electrons. The van der Waals surface area contributed by atoms with Gasteiger partial charge in [-0.3, -0.25) is 4.90 Å². The lowest BCUT2D eigenvalue weighted by atomic mass is 9.99. The molecule has 0 bridgehead atoms. The minimum atomic E-state index is -0.0832. The van der Waals surface area contributed by atoms with Crippen molar-refractivity contribution in [2.75, 3.05) is 19.9 Å². The Kier molecular flexibility index (Phi) is 3.99. The molecule has 23 heavy (non-hydrogen) atoms. The van der Waals surface area contributed by atoms with Gasteiger partial charge in [0.1, 0.15) is 0 Å². The molecule has 0 saturated carbocycles. The van der Waals surface area contributed by atoms with Crippen LogP contribution in [0.15, 0.2) is 18.2 Å². The highest BCUT2D eigenvalue weighted by Gasteiger charge is 2.36. The first-order valence-corrected chi connectivity index (χ1v) is 8.46. The van der Waals surface area contributed by atoms with E-state index < -0.39 is 0 Å². The average Bonchev–Trinajstić information content (AvgIpc) is 3.20. The molecule has 2 amide bonds. The van der Waals surface area contributed by atoms with Gasteiger partial charge in [0.05, 0.1) is 0 Å². The van der Waals surface area contributed by atoms with Crippen molar-refractivity contribution in [3.63, 3.8) is 0 Å². The number of amides is 2. The lowest BCUT2D eigenvalue weighted by Gasteiger charge is -2.32. The second-order valence-electron chi connectivity index (χ2n) is 6.51. The van der Waals surface area contributed by atoms with E-state index in [1.54, 1.807) is 0 Å². The van der Waals surface area contributed by atoms with Gasteiger partial charge in [0.15, 0.2) is 11.5 Å². The molecule has 3 aliphatic heterocycles. The molecule has 1 aromatic rings. The number of carbonyl (C=O) groups excluding carboxylic acids is 1. The number of urea groups is 1. The molecule has 2 atom stereocenters. The Balaban J connectivity index is 1.29. The van der Waals surface area contributed by atoms with Crippen LogP contribution in [-0.4, -0.2) is 42.9 Å². The molecule has 2 fully saturated rings. The van der Waals surface area contributed by atoms with Gasteiger partial charge in [0.25, 0.3) is 0 Å². The van der Waals surface area contributed by atoms with Gasteiger partial charge in [-0.1, -0.05) is 12.5 Å². The summed E-state index contributed by atoms with van der Waals surface area (Å²) in [5.74, 6) is 1.51. The van der Waals surface area contributed by atoms with E-state index in [0.29, 0.717) is 12.6 Å². The minimum absolute atomic E-state index is 0.0832. The Labute approximate surface area is 136 Å². The Morgan fingerprint density at radius 2 is 2.09 bits per heavy atom. The van der Waals surface area contributed by atoms with Crippen LogP contribution in [0.1, 0.15) is 31.2 Å². The summed E-state index contributed by atoms with van der Waals surface area (Å²) in [6.07, 6.45) is 4.83. The topological polar surface area (TPSA) is 62.8 Å². The number of carbonyl (C=O) groups is 1. The second-order valence-corrected chi connectivity index (χ2v) is 6.51. The third-order valence-electron chi connectivity index (χ3n) is 5.06. The van der Waals surface area contributed by atoms with Crippen molar-refractivity contribution in [3.8, 4) is 11.5 Å². The monoisotopic (exact) mass is 317 g/mol. The Morgan fingerprint density at radius 1 is 1.17 bits per heavy atom. The summed E-state index contributed by atoms with van der Waals surface area (Å²) in [7, 11) is 0. The van der Waals surface area contributed by atoms with Crippen LogP contribution in [-0.2, 0) is 6.54 Å². The Hall–Kier alpha value is -1.95. The molecule has 0 aromatic heterocycles. The van der Waals surface area contributed by atoms with Gasteiger partial charge in [-0.2, -0.15) is 0 Å². The van der Waals surface area contributed by atoms with Crippen LogP contribution in [0.25, 0.3) is 0 Å². The highest BCUT2D eigenvalue weighted by atomic mass is 16.7. The zero-order valence-corrected chi connectivity index (χ0v) is 13.2. The molecule has 0 aliphatic carbocycles. The predicted molar refractivity (Wildman–Crippen MR) is 85.6 cm³/mol. The van der Waals surface area contributed by atoms with Gasteiger partial charge in [-0.15, -0.1) is 0 Å². The van der Waals surface area contributed by atoms with Crippen molar-refractivity contribution in [1.82, 2.24) is 15.5 Å². The smallest absolute Gasteiger partial charge is 0.315 e. The summed E-state index contributed by atoms with van der Waals surface area (Å²) in [6.45, 7) is 3.05. The number of benzene rings is 1. The molecule has 0 spiro atoms. The van der Waals surface area contributed by atoms with Gasteiger partial charge < -0.3 is 20.1 Å². The van der Waals surface area contributed by atoms with E-state index in [0.717, 1.165) is 30.0 Å². The quantitative estimate of drug-likeness (QED) is 0.893. The lowest BCUT2D eigenvalue weighted by molar-refractivity contribution is 0.174. The van der Waals surface area contributed by atoms with Crippen LogP contribution < -0.4 is 20.1 Å². The molecular weight excluding hydrogens is 294 g/mol. The van der Waals surface area contributed by atoms with Crippen molar-refractivity contribution in [1.29, 1.82) is 0 Å². The van der Waals surface area contributed by atoms with Crippen LogP contribution in [0.2, 0.25) is 0 Å². The molecule has 0 unspecified atom stereocenters. The fourth-order valence-corrected chi connectivity index (χ4v) is 3.87. The number of piperidine rings is 1. The molecule has 3 aliphatic rings. The van der Waals surface area contributed by atoms with Crippen LogP contribution in [0.4, 0.5) is 4.79 Å². The van der Waals surface area contributed by atoms with Crippen molar-refractivity contribution < 1.29 is 14.3 Å². The maximum atomic E-state index is 12.2. The molecule has 6 heteroatoms. The van der Waals surface area contributed by atoms with Crippen LogP contribution in [0, 0.1) is 0 Å². The number of hydrogen-bond acceptors (Lipinski definition) is 4. The van der Waals surface area contributed by atoms with Crippen molar-refractivity contribution in [2.45, 2.75) is 44.3 Å². The van der Waals surface area contributed by atoms with Gasteiger partial charge in [-0.05, 0) is 43.5 Å². The van der Waals surface area contributed by atoms with Gasteiger partial charge in [-0.25, -0.2) is 4.79 Å². The summed E-state index contributed by atoms with van der Waals surface area (Å²) < 4.78 is 10.6. The molecule has 3 heterocycles. The number of fused-ring (bicyclic) bond motifs is 2. The van der Waals surface area contributed by atoms with Gasteiger partial charge >= 0.3 is 6.03 Å². The Morgan fingerprint density at radius 3 is 3.04 bits per heavy atom. The van der Waals surface area contributed by atoms with Crippen molar-refractivity contribution in [2.24, 2.45) is 0 Å². The van der Waals surface area contributed by atoms with Crippen LogP contribution in [0.5, 0.6) is 11.5 Å². The van der Waals surface area contributed by atoms with E-state index in [1.807, 2.05) is 18.2 Å². The van der Waals surface area contributed by atoms with Crippen molar-refractivity contribution in [3.05, 3.63) is 23.8 Å². The highest BCUT2D eigenvalue weighted by molar-refractivity contribution is 5.74. The standard InChI is InChI=1S/C17H23N3O3/c21-17(19-13-6-8-20-7-2-1-3-14(13)20)18-10-12-4-5-15-16(9-12)23-11-22-15/h4-5,9,13-14H,1-3,6-8,10-11H2,(H2,18,19,21)/t13-,14-/m1/s1. The number of nitrogens with zero attached hydrogens (tertiary/aromatic N) is 1. The summed E-state index contributed by atoms with van der Waals surface area (Å²) in [4.78, 5) is 14.7. The van der Waals surface area contributed by atoms with E-state index in [1.165, 1.54) is 25.8 Å². The zero-order chi connectivity index (χ0) is 15.6. The van der Waals surface area contributed by atoms with E-state index in [2.05, 4.69) is 15.5 Å². The number of ether oxygens (including phenoxy) is 2. The average molecular weight is 317 g/mol. The fraction of sp³-hybridized carbons (Fsp3) is 0.588. The summed E-state index contributed by atoms with van der Waals surface area (Å²) in [5, 5.41) is 6.10. The van der Waals surface area contributed by atoms with E-state index >= 15 is 0 Å². The molecule has 2 saturated heterocycles. The highest BCUT2D eigenvalue weighted by Crippen LogP contribution is 2.32. The van der Waals surface area contributed by atoms with Crippen molar-refractivity contribution >= 4 is 6.03 Å². The molecule has 2 N–H and O–H groups in total. The molecule has 4 rings (SSSR count). The van der Waals surface area contributed by atoms with Crippen LogP contribution >= 0.6 is 0 Å². The summed E-state index contributed by atoms with van der Waals surface area (Å²) in [6, 6.07) is 6.48. The predicted octanol–water partition coefficient (Wildman–Crippen LogP) is 1.84. The van der Waals surface area contributed by atoms with E-state index in [4.69, 9.17) is 9.47 Å². The number of nitrogens with one attached hydrogen (secondary N) is 2. The van der Waals surface area contributed by atoms with E-state index in [9.17, 15) is 4.79 Å². The Bertz CT molecular complexity index is 592. The summed E-state index contributed by atoms with van der Waals surface area (Å²) >= 11 is 0. The molecule has 1 aromatic carbocycles. The van der Waals surface area contributed by atoms with Gasteiger partial charge in [0, 0.05) is 25.2 Å². The number of hydrogen-bond donors (Lipinski definition) is 2. The molecule has 124 valence electrons. The molecular formula is C17H23N3O3. The zero-order valence-electron chi connectivity index (χ0n) is 13.2. The fourth-order valence-electron chi connectivity index (χ4n) is 3.87. The lowest BCUT2D eigenvalue weighted by Crippen LogP contribution is -2.49. The van der Waals surface area contributed by atoms with Crippen LogP contribution in [0.3, 0.4) is 0 Å². The van der Waals surface area contributed by atoms with E-state index in [-0.39, 0.29) is 18.9 Å². The largest absolute Gasteiger partial charge is 0.454 e. The first-order valence-electron chi connectivity index (χ1n) is 8.46. The SMILES string of the molecule is O=C(NCc1ccc2c(c1)OCO2)N[C@@H]1CCN2CCCC[C@H]12. The maximum absolute atomic E-state index is 12.2. The van der Waals surface area contributed by atoms with Gasteiger partial charge in [0.2, 0.25) is 6.79 Å². The third kappa shape index (κ3) is 3.08. The first-order chi connectivity index (χ1) is 11.3. The normalized spacial score (nSPS) is 25.9. The third-order valence-corrected chi connectivity index (χ3v) is 5.06. The second kappa shape index (κ2) is 6.28. The first kappa shape index (κ1) is 14.6. The summed E-state index contributed by atoms with van der Waals surface area (Å²) in [5.41, 5.74) is 1.01. The minimum Gasteiger partial charge on any atom is -0.454 e. The number of rotatable bonds is 3.